The van der Waals surface area contributed by atoms with Crippen LogP contribution in [0.3, 0.4) is 0 Å². The van der Waals surface area contributed by atoms with Gasteiger partial charge in [-0.25, -0.2) is 8.78 Å². The van der Waals surface area contributed by atoms with E-state index in [-0.39, 0.29) is 12.5 Å². The lowest BCUT2D eigenvalue weighted by Crippen LogP contribution is -2.55. The van der Waals surface area contributed by atoms with Gasteiger partial charge in [-0.1, -0.05) is 24.3 Å². The van der Waals surface area contributed by atoms with E-state index < -0.39 is 17.7 Å². The lowest BCUT2D eigenvalue weighted by atomic mass is 10.1. The maximum atomic E-state index is 14.0. The molecule has 0 radical (unpaired) electrons. The molecule has 1 fully saturated rings. The Hall–Kier alpha value is -3.25. The fraction of sp³-hybridized carbons (Fsp3) is 0.208. The number of rotatable bonds is 5. The summed E-state index contributed by atoms with van der Waals surface area (Å²) in [5.41, 5.74) is 1.17. The number of anilines is 1. The fourth-order valence-electron chi connectivity index (χ4n) is 3.57. The highest BCUT2D eigenvalue weighted by Gasteiger charge is 2.32. The molecule has 6 heteroatoms. The number of piperazine rings is 1. The van der Waals surface area contributed by atoms with Gasteiger partial charge >= 0.3 is 0 Å². The first-order valence-electron chi connectivity index (χ1n) is 9.83. The van der Waals surface area contributed by atoms with Crippen molar-refractivity contribution in [2.24, 2.45) is 0 Å². The molecule has 1 unspecified atom stereocenters. The van der Waals surface area contributed by atoms with Gasteiger partial charge in [0.05, 0.1) is 6.04 Å². The zero-order chi connectivity index (χ0) is 21.1. The van der Waals surface area contributed by atoms with Gasteiger partial charge in [-0.05, 0) is 49.4 Å². The predicted octanol–water partition coefficient (Wildman–Crippen LogP) is 4.99. The third-order valence-electron chi connectivity index (χ3n) is 5.30. The SMILES string of the molecule is CC1C(=O)N(c2ccc(Oc3ccccc3)cc2)CCN1Cc1ccc(F)cc1F. The van der Waals surface area contributed by atoms with Crippen LogP contribution in [0.2, 0.25) is 0 Å². The van der Waals surface area contributed by atoms with Crippen molar-refractivity contribution in [1.29, 1.82) is 0 Å². The molecule has 1 heterocycles. The number of benzene rings is 3. The van der Waals surface area contributed by atoms with Gasteiger partial charge in [0.25, 0.3) is 0 Å². The Morgan fingerprint density at radius 1 is 0.933 bits per heavy atom. The molecule has 0 aromatic heterocycles. The quantitative estimate of drug-likeness (QED) is 0.596. The molecule has 0 N–H and O–H groups in total. The van der Waals surface area contributed by atoms with Crippen LogP contribution >= 0.6 is 0 Å². The highest BCUT2D eigenvalue weighted by molar-refractivity contribution is 5.97. The number of hydrogen-bond acceptors (Lipinski definition) is 3. The Bertz CT molecular complexity index is 1030. The average Bonchev–Trinajstić information content (AvgIpc) is 2.75. The highest BCUT2D eigenvalue weighted by Crippen LogP contribution is 2.27. The Kier molecular flexibility index (Phi) is 5.77. The molecule has 0 saturated carbocycles. The van der Waals surface area contributed by atoms with Crippen molar-refractivity contribution in [2.45, 2.75) is 19.5 Å². The Labute approximate surface area is 174 Å². The molecule has 154 valence electrons. The van der Waals surface area contributed by atoms with Crippen molar-refractivity contribution in [2.75, 3.05) is 18.0 Å². The van der Waals surface area contributed by atoms with Crippen LogP contribution in [0.15, 0.2) is 72.8 Å². The van der Waals surface area contributed by atoms with Crippen LogP contribution in [0.4, 0.5) is 14.5 Å². The minimum absolute atomic E-state index is 0.0551. The van der Waals surface area contributed by atoms with Crippen molar-refractivity contribution in [3.05, 3.63) is 90.0 Å². The Morgan fingerprint density at radius 2 is 1.63 bits per heavy atom. The number of carbonyl (C=O) groups is 1. The summed E-state index contributed by atoms with van der Waals surface area (Å²) >= 11 is 0. The Balaban J connectivity index is 1.42. The van der Waals surface area contributed by atoms with E-state index in [9.17, 15) is 13.6 Å². The van der Waals surface area contributed by atoms with Gasteiger partial charge < -0.3 is 9.64 Å². The molecule has 3 aromatic carbocycles. The lowest BCUT2D eigenvalue weighted by Gasteiger charge is -2.39. The van der Waals surface area contributed by atoms with Gasteiger partial charge in [-0.3, -0.25) is 9.69 Å². The molecule has 1 atom stereocenters. The van der Waals surface area contributed by atoms with E-state index in [1.807, 2.05) is 66.4 Å². The number of para-hydroxylation sites is 1. The highest BCUT2D eigenvalue weighted by atomic mass is 19.1. The van der Waals surface area contributed by atoms with Crippen LogP contribution in [0.5, 0.6) is 11.5 Å². The van der Waals surface area contributed by atoms with Crippen LogP contribution in [0.25, 0.3) is 0 Å². The van der Waals surface area contributed by atoms with E-state index in [1.54, 1.807) is 4.90 Å². The zero-order valence-corrected chi connectivity index (χ0v) is 16.6. The summed E-state index contributed by atoms with van der Waals surface area (Å²) in [4.78, 5) is 16.6. The minimum Gasteiger partial charge on any atom is -0.457 e. The molecular weight excluding hydrogens is 386 g/mol. The molecule has 30 heavy (non-hydrogen) atoms. The van der Waals surface area contributed by atoms with Crippen molar-refractivity contribution in [1.82, 2.24) is 4.90 Å². The third-order valence-corrected chi connectivity index (χ3v) is 5.30. The molecule has 0 aliphatic carbocycles. The lowest BCUT2D eigenvalue weighted by molar-refractivity contribution is -0.125. The van der Waals surface area contributed by atoms with E-state index in [0.29, 0.717) is 24.4 Å². The molecule has 1 saturated heterocycles. The third kappa shape index (κ3) is 4.33. The molecule has 1 aliphatic heterocycles. The molecule has 0 spiro atoms. The van der Waals surface area contributed by atoms with Crippen LogP contribution in [0.1, 0.15) is 12.5 Å². The van der Waals surface area contributed by atoms with Gasteiger partial charge in [0.1, 0.15) is 23.1 Å². The zero-order valence-electron chi connectivity index (χ0n) is 16.6. The number of carbonyl (C=O) groups excluding carboxylic acids is 1. The molecule has 3 aromatic rings. The first-order valence-corrected chi connectivity index (χ1v) is 9.83. The number of amides is 1. The van der Waals surface area contributed by atoms with E-state index in [0.717, 1.165) is 17.5 Å². The van der Waals surface area contributed by atoms with E-state index in [1.165, 1.54) is 12.1 Å². The monoisotopic (exact) mass is 408 g/mol. The smallest absolute Gasteiger partial charge is 0.244 e. The average molecular weight is 408 g/mol. The standard InChI is InChI=1S/C24H22F2N2O2/c1-17-24(29)28(14-13-27(17)16-18-7-8-19(25)15-23(18)26)20-9-11-22(12-10-20)30-21-5-3-2-4-6-21/h2-12,15,17H,13-14,16H2,1H3. The summed E-state index contributed by atoms with van der Waals surface area (Å²) in [6, 6.07) is 20.0. The first kappa shape index (κ1) is 20.0. The van der Waals surface area contributed by atoms with E-state index in [2.05, 4.69) is 0 Å². The first-order chi connectivity index (χ1) is 14.5. The number of hydrogen-bond donors (Lipinski definition) is 0. The molecule has 1 amide bonds. The summed E-state index contributed by atoms with van der Waals surface area (Å²) in [6.45, 7) is 3.15. The molecule has 1 aliphatic rings. The minimum atomic E-state index is -0.607. The van der Waals surface area contributed by atoms with Gasteiger partial charge in [0, 0.05) is 37.0 Å². The van der Waals surface area contributed by atoms with Gasteiger partial charge in [0.2, 0.25) is 5.91 Å². The second kappa shape index (κ2) is 8.63. The summed E-state index contributed by atoms with van der Waals surface area (Å²) in [5, 5.41) is 0. The molecular formula is C24H22F2N2O2. The summed E-state index contributed by atoms with van der Waals surface area (Å²) in [7, 11) is 0. The molecule has 4 rings (SSSR count). The van der Waals surface area contributed by atoms with Crippen LogP contribution in [-0.2, 0) is 11.3 Å². The summed E-state index contributed by atoms with van der Waals surface area (Å²) in [5.74, 6) is 0.184. The molecule has 0 bridgehead atoms. The number of ether oxygens (including phenoxy) is 1. The van der Waals surface area contributed by atoms with Crippen molar-refractivity contribution in [3.63, 3.8) is 0 Å². The van der Waals surface area contributed by atoms with Crippen molar-refractivity contribution >= 4 is 11.6 Å². The summed E-state index contributed by atoms with van der Waals surface area (Å²) < 4.78 is 32.9. The number of halogens is 2. The normalized spacial score (nSPS) is 17.2. The number of nitrogens with zero attached hydrogens (tertiary/aromatic N) is 2. The van der Waals surface area contributed by atoms with Gasteiger partial charge in [-0.2, -0.15) is 0 Å². The Morgan fingerprint density at radius 3 is 2.33 bits per heavy atom. The molecule has 4 nitrogen and oxygen atoms in total. The maximum Gasteiger partial charge on any atom is 0.244 e. The predicted molar refractivity (Wildman–Crippen MR) is 112 cm³/mol. The topological polar surface area (TPSA) is 32.8 Å². The second-order valence-corrected chi connectivity index (χ2v) is 7.28. The van der Waals surface area contributed by atoms with E-state index in [4.69, 9.17) is 4.74 Å². The van der Waals surface area contributed by atoms with Crippen LogP contribution < -0.4 is 9.64 Å². The van der Waals surface area contributed by atoms with Gasteiger partial charge in [0.15, 0.2) is 0 Å². The largest absolute Gasteiger partial charge is 0.457 e. The van der Waals surface area contributed by atoms with Crippen molar-refractivity contribution < 1.29 is 18.3 Å². The maximum absolute atomic E-state index is 14.0. The van der Waals surface area contributed by atoms with E-state index >= 15 is 0 Å². The van der Waals surface area contributed by atoms with Gasteiger partial charge in [-0.15, -0.1) is 0 Å². The summed E-state index contributed by atoms with van der Waals surface area (Å²) in [6.07, 6.45) is 0. The fourth-order valence-corrected chi connectivity index (χ4v) is 3.57. The van der Waals surface area contributed by atoms with Crippen molar-refractivity contribution in [3.8, 4) is 11.5 Å². The second-order valence-electron chi connectivity index (χ2n) is 7.28. The van der Waals surface area contributed by atoms with Crippen LogP contribution in [0, 0.1) is 11.6 Å². The van der Waals surface area contributed by atoms with Crippen LogP contribution in [-0.4, -0.2) is 29.9 Å².